The van der Waals surface area contributed by atoms with Crippen LogP contribution >= 0.6 is 0 Å². The molecule has 2 fully saturated rings. The molecule has 4 nitrogen and oxygen atoms in total. The molecule has 1 heterocycles. The second-order valence-electron chi connectivity index (χ2n) is 7.95. The molecular weight excluding hydrogens is 284 g/mol. The van der Waals surface area contributed by atoms with E-state index in [4.69, 9.17) is 11.5 Å². The van der Waals surface area contributed by atoms with E-state index in [-0.39, 0.29) is 5.54 Å². The van der Waals surface area contributed by atoms with E-state index in [9.17, 15) is 0 Å². The normalized spacial score (nSPS) is 31.4. The fourth-order valence-corrected chi connectivity index (χ4v) is 4.89. The summed E-state index contributed by atoms with van der Waals surface area (Å²) in [7, 11) is 0. The van der Waals surface area contributed by atoms with Gasteiger partial charge >= 0.3 is 0 Å². The third-order valence-electron chi connectivity index (χ3n) is 6.33. The molecule has 3 unspecified atom stereocenters. The highest BCUT2D eigenvalue weighted by Gasteiger charge is 2.46. The van der Waals surface area contributed by atoms with Gasteiger partial charge in [-0.1, -0.05) is 32.6 Å². The minimum Gasteiger partial charge on any atom is -0.330 e. The molecule has 1 aliphatic carbocycles. The van der Waals surface area contributed by atoms with Crippen LogP contribution in [0.15, 0.2) is 0 Å². The summed E-state index contributed by atoms with van der Waals surface area (Å²) >= 11 is 0. The Hall–Kier alpha value is -0.160. The first-order valence-corrected chi connectivity index (χ1v) is 10.1. The van der Waals surface area contributed by atoms with E-state index in [0.29, 0.717) is 18.0 Å². The van der Waals surface area contributed by atoms with E-state index in [1.165, 1.54) is 57.9 Å². The zero-order valence-electron chi connectivity index (χ0n) is 15.5. The molecule has 1 saturated carbocycles. The maximum absolute atomic E-state index is 7.15. The third kappa shape index (κ3) is 4.68. The number of nitrogens with zero attached hydrogens (tertiary/aromatic N) is 1. The predicted octanol–water partition coefficient (Wildman–Crippen LogP) is 2.47. The fourth-order valence-electron chi connectivity index (χ4n) is 4.89. The Morgan fingerprint density at radius 2 is 1.96 bits per heavy atom. The van der Waals surface area contributed by atoms with Crippen molar-refractivity contribution in [3.05, 3.63) is 0 Å². The molecule has 0 aromatic rings. The Kier molecular flexibility index (Phi) is 7.80. The summed E-state index contributed by atoms with van der Waals surface area (Å²) in [6, 6.07) is 1.06. The number of nitrogens with two attached hydrogens (primary N) is 2. The molecule has 0 spiro atoms. The molecule has 5 N–H and O–H groups in total. The third-order valence-corrected chi connectivity index (χ3v) is 6.33. The zero-order chi connectivity index (χ0) is 16.7. The Labute approximate surface area is 143 Å². The van der Waals surface area contributed by atoms with E-state index >= 15 is 0 Å². The Balaban J connectivity index is 2.17. The lowest BCUT2D eigenvalue weighted by Crippen LogP contribution is -2.71. The van der Waals surface area contributed by atoms with Crippen molar-refractivity contribution in [2.24, 2.45) is 17.4 Å². The van der Waals surface area contributed by atoms with Crippen molar-refractivity contribution < 1.29 is 0 Å². The van der Waals surface area contributed by atoms with Gasteiger partial charge in [0.2, 0.25) is 0 Å². The van der Waals surface area contributed by atoms with Crippen molar-refractivity contribution in [1.82, 2.24) is 10.2 Å². The van der Waals surface area contributed by atoms with Crippen molar-refractivity contribution in [3.8, 4) is 0 Å². The molecular formula is C19H40N4. The summed E-state index contributed by atoms with van der Waals surface area (Å²) in [4.78, 5) is 2.73. The van der Waals surface area contributed by atoms with Crippen LogP contribution in [0.1, 0.15) is 71.6 Å². The van der Waals surface area contributed by atoms with E-state index in [0.717, 1.165) is 26.1 Å². The fraction of sp³-hybridized carbons (Fsp3) is 1.00. The molecule has 4 heteroatoms. The molecule has 1 saturated heterocycles. The Bertz CT molecular complexity index is 329. The van der Waals surface area contributed by atoms with Gasteiger partial charge in [0.15, 0.2) is 0 Å². The van der Waals surface area contributed by atoms with Crippen LogP contribution in [0.2, 0.25) is 0 Å². The van der Waals surface area contributed by atoms with Crippen molar-refractivity contribution in [3.63, 3.8) is 0 Å². The molecule has 1 aliphatic heterocycles. The minimum absolute atomic E-state index is 0.0602. The number of hydrogen-bond acceptors (Lipinski definition) is 4. The van der Waals surface area contributed by atoms with Crippen LogP contribution in [-0.2, 0) is 0 Å². The highest BCUT2D eigenvalue weighted by Crippen LogP contribution is 2.37. The maximum Gasteiger partial charge on any atom is 0.0467 e. The van der Waals surface area contributed by atoms with Gasteiger partial charge in [0, 0.05) is 24.2 Å². The van der Waals surface area contributed by atoms with Crippen LogP contribution in [0.3, 0.4) is 0 Å². The molecule has 2 rings (SSSR count). The second-order valence-corrected chi connectivity index (χ2v) is 7.95. The highest BCUT2D eigenvalue weighted by molar-refractivity contribution is 5.07. The monoisotopic (exact) mass is 324 g/mol. The standard InChI is InChI=1S/C19H40N4/c1-3-4-14-23(16(2)10-12-20)18-11-13-22-15-19(18,21)17-8-6-5-7-9-17/h16-18,22H,3-15,20-21H2,1-2H3. The van der Waals surface area contributed by atoms with Crippen molar-refractivity contribution in [2.75, 3.05) is 26.2 Å². The largest absolute Gasteiger partial charge is 0.330 e. The summed E-state index contributed by atoms with van der Waals surface area (Å²) in [6.07, 6.45) is 11.5. The lowest BCUT2D eigenvalue weighted by molar-refractivity contribution is 0.0164. The van der Waals surface area contributed by atoms with Crippen LogP contribution in [0.25, 0.3) is 0 Å². The molecule has 3 atom stereocenters. The molecule has 2 aliphatic rings. The van der Waals surface area contributed by atoms with Crippen LogP contribution in [-0.4, -0.2) is 48.7 Å². The minimum atomic E-state index is -0.0602. The van der Waals surface area contributed by atoms with Gasteiger partial charge in [-0.05, 0) is 64.6 Å². The zero-order valence-corrected chi connectivity index (χ0v) is 15.5. The van der Waals surface area contributed by atoms with Crippen molar-refractivity contribution in [2.45, 2.75) is 89.3 Å². The van der Waals surface area contributed by atoms with Gasteiger partial charge < -0.3 is 16.8 Å². The summed E-state index contributed by atoms with van der Waals surface area (Å²) in [5.74, 6) is 0.684. The lowest BCUT2D eigenvalue weighted by atomic mass is 9.68. The summed E-state index contributed by atoms with van der Waals surface area (Å²) in [5, 5.41) is 3.61. The first-order valence-electron chi connectivity index (χ1n) is 10.1. The summed E-state index contributed by atoms with van der Waals surface area (Å²) in [5.41, 5.74) is 13.0. The molecule has 0 aromatic heterocycles. The SMILES string of the molecule is CCCCN(C(C)CCN)C1CCNCC1(N)C1CCCCC1. The van der Waals surface area contributed by atoms with Gasteiger partial charge in [-0.2, -0.15) is 0 Å². The number of piperidine rings is 1. The van der Waals surface area contributed by atoms with Gasteiger partial charge in [0.25, 0.3) is 0 Å². The quantitative estimate of drug-likeness (QED) is 0.641. The van der Waals surface area contributed by atoms with Gasteiger partial charge in [-0.3, -0.25) is 4.90 Å². The highest BCUT2D eigenvalue weighted by atomic mass is 15.2. The molecule has 0 bridgehead atoms. The summed E-state index contributed by atoms with van der Waals surface area (Å²) in [6.45, 7) is 8.68. The average molecular weight is 325 g/mol. The van der Waals surface area contributed by atoms with E-state index < -0.39 is 0 Å². The van der Waals surface area contributed by atoms with Crippen LogP contribution in [0, 0.1) is 5.92 Å². The van der Waals surface area contributed by atoms with Crippen LogP contribution < -0.4 is 16.8 Å². The van der Waals surface area contributed by atoms with Gasteiger partial charge in [0.1, 0.15) is 0 Å². The molecule has 136 valence electrons. The predicted molar refractivity (Wildman–Crippen MR) is 99.5 cm³/mol. The van der Waals surface area contributed by atoms with E-state index in [2.05, 4.69) is 24.1 Å². The number of rotatable bonds is 8. The second kappa shape index (κ2) is 9.36. The Morgan fingerprint density at radius 3 is 2.61 bits per heavy atom. The first kappa shape index (κ1) is 19.2. The lowest BCUT2D eigenvalue weighted by Gasteiger charge is -2.53. The van der Waals surface area contributed by atoms with Gasteiger partial charge in [0.05, 0.1) is 0 Å². The average Bonchev–Trinajstić information content (AvgIpc) is 2.58. The number of unbranched alkanes of at least 4 members (excludes halogenated alkanes) is 1. The van der Waals surface area contributed by atoms with Crippen LogP contribution in [0.4, 0.5) is 0 Å². The first-order chi connectivity index (χ1) is 11.1. The Morgan fingerprint density at radius 1 is 1.22 bits per heavy atom. The molecule has 23 heavy (non-hydrogen) atoms. The van der Waals surface area contributed by atoms with Crippen LogP contribution in [0.5, 0.6) is 0 Å². The van der Waals surface area contributed by atoms with Crippen molar-refractivity contribution >= 4 is 0 Å². The van der Waals surface area contributed by atoms with E-state index in [1.807, 2.05) is 0 Å². The summed E-state index contributed by atoms with van der Waals surface area (Å²) < 4.78 is 0. The topological polar surface area (TPSA) is 67.3 Å². The molecule has 0 radical (unpaired) electrons. The van der Waals surface area contributed by atoms with Gasteiger partial charge in [-0.25, -0.2) is 0 Å². The molecule has 0 aromatic carbocycles. The van der Waals surface area contributed by atoms with Crippen molar-refractivity contribution in [1.29, 1.82) is 0 Å². The van der Waals surface area contributed by atoms with Gasteiger partial charge in [-0.15, -0.1) is 0 Å². The van der Waals surface area contributed by atoms with E-state index in [1.54, 1.807) is 0 Å². The maximum atomic E-state index is 7.15. The number of nitrogens with one attached hydrogen (secondary N) is 1. The molecule has 0 amide bonds. The number of hydrogen-bond donors (Lipinski definition) is 3. The smallest absolute Gasteiger partial charge is 0.0467 e.